The monoisotopic (exact) mass is 552 g/mol. The normalized spacial score (nSPS) is 13.2. The summed E-state index contributed by atoms with van der Waals surface area (Å²) in [5.41, 5.74) is 0. The average Bonchev–Trinajstić information content (AvgIpc) is 2.94. The summed E-state index contributed by atoms with van der Waals surface area (Å²) >= 11 is 0. The van der Waals surface area contributed by atoms with Gasteiger partial charge in [-0.2, -0.15) is 0 Å². The van der Waals surface area contributed by atoms with Crippen molar-refractivity contribution in [1.82, 2.24) is 5.32 Å². The number of allylic oxidation sites excluding steroid dienone is 2. The molecule has 0 fully saturated rings. The van der Waals surface area contributed by atoms with Gasteiger partial charge in [0.1, 0.15) is 0 Å². The van der Waals surface area contributed by atoms with E-state index in [1.807, 2.05) is 0 Å². The molecule has 1 amide bonds. The zero-order valence-corrected chi connectivity index (χ0v) is 26.4. The molecule has 0 aliphatic carbocycles. The Kier molecular flexibility index (Phi) is 30.9. The second kappa shape index (κ2) is 31.7. The lowest BCUT2D eigenvalue weighted by Gasteiger charge is -2.22. The second-order valence-electron chi connectivity index (χ2n) is 11.9. The van der Waals surface area contributed by atoms with Gasteiger partial charge in [0.05, 0.1) is 18.8 Å². The van der Waals surface area contributed by atoms with E-state index in [1.165, 1.54) is 122 Å². The Morgan fingerprint density at radius 3 is 1.41 bits per heavy atom. The van der Waals surface area contributed by atoms with E-state index in [4.69, 9.17) is 0 Å². The van der Waals surface area contributed by atoms with Crippen LogP contribution in [0.25, 0.3) is 0 Å². The molecule has 0 aliphatic heterocycles. The summed E-state index contributed by atoms with van der Waals surface area (Å²) in [6.07, 6.45) is 37.0. The number of amides is 1. The second-order valence-corrected chi connectivity index (χ2v) is 11.9. The highest BCUT2D eigenvalue weighted by Gasteiger charge is 2.19. The minimum absolute atomic E-state index is 0.0420. The van der Waals surface area contributed by atoms with E-state index in [9.17, 15) is 15.0 Å². The third-order valence-electron chi connectivity index (χ3n) is 8.03. The van der Waals surface area contributed by atoms with E-state index in [1.54, 1.807) is 0 Å². The summed E-state index contributed by atoms with van der Waals surface area (Å²) in [5, 5.41) is 22.9. The van der Waals surface area contributed by atoms with E-state index in [0.717, 1.165) is 38.5 Å². The summed E-state index contributed by atoms with van der Waals surface area (Å²) in [6.45, 7) is 4.30. The Balaban J connectivity index is 3.52. The standard InChI is InChI=1S/C35H69NO3/c1-3-5-7-9-11-13-14-15-16-17-18-19-20-21-23-25-27-29-31-35(39)36-33(32-37)34(38)30-28-26-24-22-12-10-8-6-4-2/h12,22,33-34,37-38H,3-11,13-21,23-32H2,1-2H3,(H,36,39)/b22-12+/t33-,34+/m0/s1. The van der Waals surface area contributed by atoms with Crippen LogP contribution in [0.2, 0.25) is 0 Å². The van der Waals surface area contributed by atoms with Crippen molar-refractivity contribution in [3.8, 4) is 0 Å². The van der Waals surface area contributed by atoms with E-state index in [2.05, 4.69) is 31.3 Å². The molecule has 0 aromatic heterocycles. The van der Waals surface area contributed by atoms with Crippen LogP contribution in [0.1, 0.15) is 187 Å². The van der Waals surface area contributed by atoms with Crippen LogP contribution in [-0.4, -0.2) is 34.9 Å². The number of hydrogen-bond acceptors (Lipinski definition) is 3. The Bertz CT molecular complexity index is 522. The molecule has 3 N–H and O–H groups in total. The topological polar surface area (TPSA) is 69.6 Å². The van der Waals surface area contributed by atoms with Gasteiger partial charge in [-0.25, -0.2) is 0 Å². The van der Waals surface area contributed by atoms with Gasteiger partial charge in [-0.3, -0.25) is 4.79 Å². The van der Waals surface area contributed by atoms with Crippen LogP contribution < -0.4 is 5.32 Å². The molecule has 0 heterocycles. The third-order valence-corrected chi connectivity index (χ3v) is 8.03. The van der Waals surface area contributed by atoms with Gasteiger partial charge in [0.2, 0.25) is 5.91 Å². The van der Waals surface area contributed by atoms with Crippen molar-refractivity contribution in [2.24, 2.45) is 0 Å². The molecule has 2 atom stereocenters. The van der Waals surface area contributed by atoms with Crippen LogP contribution >= 0.6 is 0 Å². The van der Waals surface area contributed by atoms with E-state index in [0.29, 0.717) is 12.8 Å². The van der Waals surface area contributed by atoms with Gasteiger partial charge in [-0.1, -0.05) is 154 Å². The zero-order chi connectivity index (χ0) is 28.7. The lowest BCUT2D eigenvalue weighted by Crippen LogP contribution is -2.45. The zero-order valence-electron chi connectivity index (χ0n) is 26.4. The minimum Gasteiger partial charge on any atom is -0.394 e. The van der Waals surface area contributed by atoms with Gasteiger partial charge >= 0.3 is 0 Å². The highest BCUT2D eigenvalue weighted by Crippen LogP contribution is 2.15. The van der Waals surface area contributed by atoms with E-state index < -0.39 is 12.1 Å². The van der Waals surface area contributed by atoms with Crippen LogP contribution in [0.4, 0.5) is 0 Å². The quantitative estimate of drug-likeness (QED) is 0.0593. The lowest BCUT2D eigenvalue weighted by molar-refractivity contribution is -0.123. The van der Waals surface area contributed by atoms with Crippen molar-refractivity contribution < 1.29 is 15.0 Å². The molecule has 0 radical (unpaired) electrons. The van der Waals surface area contributed by atoms with E-state index >= 15 is 0 Å². The smallest absolute Gasteiger partial charge is 0.220 e. The van der Waals surface area contributed by atoms with Gasteiger partial charge < -0.3 is 15.5 Å². The molecular formula is C35H69NO3. The SMILES string of the molecule is CCCCC/C=C/CCCC[C@@H](O)[C@H](CO)NC(=O)CCCCCCCCCCCCCCCCCCCC. The molecular weight excluding hydrogens is 482 g/mol. The maximum atomic E-state index is 12.3. The summed E-state index contributed by atoms with van der Waals surface area (Å²) in [5.74, 6) is -0.0420. The number of hydrogen-bond donors (Lipinski definition) is 3. The molecule has 4 nitrogen and oxygen atoms in total. The molecule has 39 heavy (non-hydrogen) atoms. The molecule has 232 valence electrons. The summed E-state index contributed by atoms with van der Waals surface area (Å²) < 4.78 is 0. The highest BCUT2D eigenvalue weighted by molar-refractivity contribution is 5.76. The molecule has 0 bridgehead atoms. The Labute approximate surface area is 244 Å². The van der Waals surface area contributed by atoms with Crippen molar-refractivity contribution in [2.75, 3.05) is 6.61 Å². The van der Waals surface area contributed by atoms with Crippen LogP contribution in [0.15, 0.2) is 12.2 Å². The fourth-order valence-corrected chi connectivity index (χ4v) is 5.29. The molecule has 0 unspecified atom stereocenters. The van der Waals surface area contributed by atoms with Crippen LogP contribution in [-0.2, 0) is 4.79 Å². The summed E-state index contributed by atoms with van der Waals surface area (Å²) in [7, 11) is 0. The molecule has 0 rings (SSSR count). The van der Waals surface area contributed by atoms with Gasteiger partial charge in [-0.05, 0) is 38.5 Å². The predicted octanol–water partition coefficient (Wildman–Crippen LogP) is 9.95. The summed E-state index contributed by atoms with van der Waals surface area (Å²) in [6, 6.07) is -0.544. The maximum absolute atomic E-state index is 12.3. The first kappa shape index (κ1) is 38.1. The first-order chi connectivity index (χ1) is 19.2. The molecule has 0 aromatic carbocycles. The van der Waals surface area contributed by atoms with Crippen molar-refractivity contribution in [1.29, 1.82) is 0 Å². The predicted molar refractivity (Wildman–Crippen MR) is 170 cm³/mol. The number of aliphatic hydroxyl groups is 2. The average molecular weight is 552 g/mol. The number of aliphatic hydroxyl groups excluding tert-OH is 2. The molecule has 0 aliphatic rings. The number of nitrogens with one attached hydrogen (secondary N) is 1. The Hall–Kier alpha value is -0.870. The van der Waals surface area contributed by atoms with Gasteiger partial charge in [0.25, 0.3) is 0 Å². The fourth-order valence-electron chi connectivity index (χ4n) is 5.29. The molecule has 4 heteroatoms. The number of carbonyl (C=O) groups is 1. The molecule has 0 aromatic rings. The summed E-state index contributed by atoms with van der Waals surface area (Å²) in [4.78, 5) is 12.3. The lowest BCUT2D eigenvalue weighted by atomic mass is 10.0. The molecule has 0 saturated heterocycles. The van der Waals surface area contributed by atoms with Crippen molar-refractivity contribution in [3.05, 3.63) is 12.2 Å². The first-order valence-electron chi connectivity index (χ1n) is 17.4. The molecule has 0 saturated carbocycles. The van der Waals surface area contributed by atoms with Gasteiger partial charge in [0.15, 0.2) is 0 Å². The maximum Gasteiger partial charge on any atom is 0.220 e. The Morgan fingerprint density at radius 2 is 0.974 bits per heavy atom. The molecule has 0 spiro atoms. The van der Waals surface area contributed by atoms with Crippen molar-refractivity contribution in [2.45, 2.75) is 199 Å². The minimum atomic E-state index is -0.673. The highest BCUT2D eigenvalue weighted by atomic mass is 16.3. The first-order valence-corrected chi connectivity index (χ1v) is 17.4. The van der Waals surface area contributed by atoms with Crippen molar-refractivity contribution >= 4 is 5.91 Å². The number of carbonyl (C=O) groups excluding carboxylic acids is 1. The number of unbranched alkanes of at least 4 members (excludes halogenated alkanes) is 22. The van der Waals surface area contributed by atoms with E-state index in [-0.39, 0.29) is 12.5 Å². The number of rotatable bonds is 31. The van der Waals surface area contributed by atoms with Crippen LogP contribution in [0, 0.1) is 0 Å². The van der Waals surface area contributed by atoms with Gasteiger partial charge in [-0.15, -0.1) is 0 Å². The van der Waals surface area contributed by atoms with Crippen LogP contribution in [0.5, 0.6) is 0 Å². The fraction of sp³-hybridized carbons (Fsp3) is 0.914. The van der Waals surface area contributed by atoms with Gasteiger partial charge in [0, 0.05) is 6.42 Å². The Morgan fingerprint density at radius 1 is 0.590 bits per heavy atom. The van der Waals surface area contributed by atoms with Crippen LogP contribution in [0.3, 0.4) is 0 Å². The largest absolute Gasteiger partial charge is 0.394 e. The van der Waals surface area contributed by atoms with Crippen molar-refractivity contribution in [3.63, 3.8) is 0 Å². The third kappa shape index (κ3) is 28.5.